The lowest BCUT2D eigenvalue weighted by Gasteiger charge is -2.16. The van der Waals surface area contributed by atoms with Gasteiger partial charge >= 0.3 is 0 Å². The van der Waals surface area contributed by atoms with Crippen molar-refractivity contribution in [1.29, 1.82) is 0 Å². The Morgan fingerprint density at radius 1 is 0.923 bits per heavy atom. The molecule has 1 aromatic rings. The molecule has 1 heterocycles. The van der Waals surface area contributed by atoms with Crippen molar-refractivity contribution in [2.75, 3.05) is 13.7 Å². The molecule has 1 fully saturated rings. The molecule has 0 aromatic heterocycles. The van der Waals surface area contributed by atoms with Crippen molar-refractivity contribution in [3.63, 3.8) is 0 Å². The molecule has 1 aliphatic rings. The van der Waals surface area contributed by atoms with Crippen molar-refractivity contribution in [1.82, 2.24) is 0 Å². The first-order valence-corrected chi connectivity index (χ1v) is 10.7. The van der Waals surface area contributed by atoms with Crippen LogP contribution in [0, 0.1) is 0 Å². The van der Waals surface area contributed by atoms with Gasteiger partial charge in [-0.05, 0) is 24.1 Å². The zero-order valence-electron chi connectivity index (χ0n) is 16.9. The fourth-order valence-corrected chi connectivity index (χ4v) is 3.40. The molecule has 0 amide bonds. The van der Waals surface area contributed by atoms with Gasteiger partial charge in [0, 0.05) is 0 Å². The molecule has 1 aromatic carbocycles. The van der Waals surface area contributed by atoms with E-state index in [-0.39, 0.29) is 6.10 Å². The molecule has 0 N–H and O–H groups in total. The van der Waals surface area contributed by atoms with Gasteiger partial charge in [-0.25, -0.2) is 0 Å². The average Bonchev–Trinajstić information content (AvgIpc) is 3.51. The first-order valence-electron chi connectivity index (χ1n) is 10.7. The molecular formula is C23H38O3. The first-order chi connectivity index (χ1) is 12.8. The van der Waals surface area contributed by atoms with E-state index in [1.165, 1.54) is 69.8 Å². The van der Waals surface area contributed by atoms with E-state index in [0.717, 1.165) is 18.8 Å². The van der Waals surface area contributed by atoms with Crippen molar-refractivity contribution in [3.8, 4) is 5.75 Å². The summed E-state index contributed by atoms with van der Waals surface area (Å²) in [7, 11) is 1.69. The van der Waals surface area contributed by atoms with Gasteiger partial charge in [-0.1, -0.05) is 83.3 Å². The molecule has 2 rings (SSSR count). The second kappa shape index (κ2) is 13.2. The fourth-order valence-electron chi connectivity index (χ4n) is 3.40. The number of hydrogen-bond acceptors (Lipinski definition) is 3. The summed E-state index contributed by atoms with van der Waals surface area (Å²) < 4.78 is 16.8. The topological polar surface area (TPSA) is 31.0 Å². The number of methoxy groups -OCH3 is 1. The van der Waals surface area contributed by atoms with Crippen LogP contribution in [0.3, 0.4) is 0 Å². The van der Waals surface area contributed by atoms with Crippen LogP contribution in [0.2, 0.25) is 0 Å². The molecule has 3 heteroatoms. The van der Waals surface area contributed by atoms with Crippen molar-refractivity contribution in [2.24, 2.45) is 0 Å². The van der Waals surface area contributed by atoms with Crippen LogP contribution in [0.4, 0.5) is 0 Å². The third-order valence-corrected chi connectivity index (χ3v) is 5.24. The lowest BCUT2D eigenvalue weighted by molar-refractivity contribution is 0.0148. The summed E-state index contributed by atoms with van der Waals surface area (Å²) in [5, 5.41) is 0. The minimum absolute atomic E-state index is 0.256. The van der Waals surface area contributed by atoms with Crippen LogP contribution in [0.15, 0.2) is 24.3 Å². The Morgan fingerprint density at radius 3 is 2.04 bits per heavy atom. The van der Waals surface area contributed by atoms with Crippen LogP contribution in [0.25, 0.3) is 0 Å². The predicted molar refractivity (Wildman–Crippen MR) is 108 cm³/mol. The molecular weight excluding hydrogens is 324 g/mol. The maximum Gasteiger partial charge on any atom is 0.118 e. The molecule has 0 unspecified atom stereocenters. The Labute approximate surface area is 160 Å². The lowest BCUT2D eigenvalue weighted by Crippen LogP contribution is -2.19. The van der Waals surface area contributed by atoms with E-state index in [0.29, 0.717) is 12.7 Å². The van der Waals surface area contributed by atoms with Crippen LogP contribution in [0.1, 0.15) is 83.1 Å². The Morgan fingerprint density at radius 2 is 1.50 bits per heavy atom. The minimum Gasteiger partial charge on any atom is -0.497 e. The quantitative estimate of drug-likeness (QED) is 0.256. The van der Waals surface area contributed by atoms with Gasteiger partial charge in [0.15, 0.2) is 0 Å². The third-order valence-electron chi connectivity index (χ3n) is 5.24. The monoisotopic (exact) mass is 362 g/mol. The second-order valence-corrected chi connectivity index (χ2v) is 7.54. The summed E-state index contributed by atoms with van der Waals surface area (Å²) >= 11 is 0. The van der Waals surface area contributed by atoms with Gasteiger partial charge in [0.1, 0.15) is 11.9 Å². The van der Waals surface area contributed by atoms with E-state index in [9.17, 15) is 0 Å². The molecule has 1 aliphatic heterocycles. The zero-order chi connectivity index (χ0) is 18.5. The van der Waals surface area contributed by atoms with Gasteiger partial charge in [-0.3, -0.25) is 0 Å². The largest absolute Gasteiger partial charge is 0.497 e. The van der Waals surface area contributed by atoms with Crippen molar-refractivity contribution in [3.05, 3.63) is 29.8 Å². The highest BCUT2D eigenvalue weighted by Gasteiger charge is 2.33. The highest BCUT2D eigenvalue weighted by atomic mass is 16.6. The minimum atomic E-state index is 0.256. The van der Waals surface area contributed by atoms with E-state index in [2.05, 4.69) is 19.1 Å². The van der Waals surface area contributed by atoms with Crippen LogP contribution < -0.4 is 4.74 Å². The maximum atomic E-state index is 6.14. The number of ether oxygens (including phenoxy) is 3. The number of epoxide rings is 1. The Hall–Kier alpha value is -1.06. The van der Waals surface area contributed by atoms with Crippen LogP contribution in [0.5, 0.6) is 5.75 Å². The molecule has 26 heavy (non-hydrogen) atoms. The Kier molecular flexibility index (Phi) is 10.8. The summed E-state index contributed by atoms with van der Waals surface area (Å²) in [6.07, 6.45) is 15.5. The molecule has 2 atom stereocenters. The highest BCUT2D eigenvalue weighted by Crippen LogP contribution is 2.24. The molecule has 3 nitrogen and oxygen atoms in total. The highest BCUT2D eigenvalue weighted by molar-refractivity contribution is 5.26. The normalized spacial score (nSPS) is 17.2. The number of benzene rings is 1. The third kappa shape index (κ3) is 9.05. The van der Waals surface area contributed by atoms with E-state index in [1.54, 1.807) is 7.11 Å². The van der Waals surface area contributed by atoms with Gasteiger partial charge in [0.2, 0.25) is 0 Å². The summed E-state index contributed by atoms with van der Waals surface area (Å²) in [6, 6.07) is 8.13. The van der Waals surface area contributed by atoms with Gasteiger partial charge in [-0.2, -0.15) is 0 Å². The van der Waals surface area contributed by atoms with Gasteiger partial charge in [0.25, 0.3) is 0 Å². The van der Waals surface area contributed by atoms with E-state index >= 15 is 0 Å². The number of rotatable bonds is 16. The first kappa shape index (κ1) is 21.2. The van der Waals surface area contributed by atoms with Crippen LogP contribution in [-0.4, -0.2) is 25.9 Å². The predicted octanol–water partition coefficient (Wildman–Crippen LogP) is 6.29. The summed E-state index contributed by atoms with van der Waals surface area (Å²) in [5.74, 6) is 0.890. The number of hydrogen-bond donors (Lipinski definition) is 0. The van der Waals surface area contributed by atoms with Crippen LogP contribution >= 0.6 is 0 Å². The zero-order valence-corrected chi connectivity index (χ0v) is 16.9. The summed E-state index contributed by atoms with van der Waals surface area (Å²) in [6.45, 7) is 3.80. The molecule has 0 radical (unpaired) electrons. The van der Waals surface area contributed by atoms with E-state index < -0.39 is 0 Å². The van der Waals surface area contributed by atoms with Crippen LogP contribution in [-0.2, 0) is 16.1 Å². The Bertz CT molecular complexity index is 453. The van der Waals surface area contributed by atoms with Crippen molar-refractivity contribution in [2.45, 2.75) is 96.4 Å². The van der Waals surface area contributed by atoms with E-state index in [4.69, 9.17) is 14.2 Å². The maximum absolute atomic E-state index is 6.14. The van der Waals surface area contributed by atoms with E-state index in [1.807, 2.05) is 12.1 Å². The molecule has 0 bridgehead atoms. The molecule has 0 aliphatic carbocycles. The number of unbranched alkanes of at least 4 members (excludes halogenated alkanes) is 9. The smallest absolute Gasteiger partial charge is 0.118 e. The van der Waals surface area contributed by atoms with Gasteiger partial charge < -0.3 is 14.2 Å². The summed E-state index contributed by atoms with van der Waals surface area (Å²) in [4.78, 5) is 0. The SMILES string of the molecule is CCCCCCCCCCCC[C@@H](OCc1ccc(OC)cc1)[C@H]1CO1. The standard InChI is InChI=1S/C23H38O3/c1-3-4-5-6-7-8-9-10-11-12-13-22(23-19-26-23)25-18-20-14-16-21(24-2)17-15-20/h14-17,22-23H,3-13,18-19H2,1-2H3/t22-,23-/m1/s1. The molecule has 0 saturated carbocycles. The lowest BCUT2D eigenvalue weighted by atomic mass is 10.0. The van der Waals surface area contributed by atoms with Gasteiger partial charge in [-0.15, -0.1) is 0 Å². The fraction of sp³-hybridized carbons (Fsp3) is 0.739. The van der Waals surface area contributed by atoms with Gasteiger partial charge in [0.05, 0.1) is 26.4 Å². The molecule has 0 spiro atoms. The molecule has 1 saturated heterocycles. The molecule has 148 valence electrons. The van der Waals surface area contributed by atoms with Crippen molar-refractivity contribution < 1.29 is 14.2 Å². The summed E-state index contributed by atoms with van der Waals surface area (Å²) in [5.41, 5.74) is 1.19. The van der Waals surface area contributed by atoms with Crippen molar-refractivity contribution >= 4 is 0 Å². The Balaban J connectivity index is 1.51. The second-order valence-electron chi connectivity index (χ2n) is 7.54. The average molecular weight is 363 g/mol.